The van der Waals surface area contributed by atoms with Crippen LogP contribution in [-0.2, 0) is 0 Å². The first-order valence-electron chi connectivity index (χ1n) is 15.2. The van der Waals surface area contributed by atoms with Crippen molar-refractivity contribution < 1.29 is 46.8 Å². The highest BCUT2D eigenvalue weighted by molar-refractivity contribution is 5.38. The Morgan fingerprint density at radius 3 is 2.16 bits per heavy atom. The topological polar surface area (TPSA) is 80.9 Å². The number of aliphatic hydroxyl groups is 4. The smallest absolute Gasteiger partial charge is 0.393 e. The minimum atomic E-state index is -5.92. The number of alkyl halides is 6. The van der Waals surface area contributed by atoms with Gasteiger partial charge in [0, 0.05) is 6.42 Å². The Kier molecular flexibility index (Phi) is 10.5. The van der Waals surface area contributed by atoms with Gasteiger partial charge in [0.25, 0.3) is 5.60 Å². The first-order chi connectivity index (χ1) is 19.5. The lowest BCUT2D eigenvalue weighted by Gasteiger charge is -2.49. The molecule has 4 N–H and O–H groups in total. The summed E-state index contributed by atoms with van der Waals surface area (Å²) in [5.74, 6) is 0.139. The molecular weight excluding hydrogens is 574 g/mol. The predicted octanol–water partition coefficient (Wildman–Crippen LogP) is 7.88. The van der Waals surface area contributed by atoms with Crippen LogP contribution in [0.4, 0.5) is 26.3 Å². The van der Waals surface area contributed by atoms with Gasteiger partial charge in [0.2, 0.25) is 0 Å². The predicted molar refractivity (Wildman–Crippen MR) is 154 cm³/mol. The van der Waals surface area contributed by atoms with Crippen LogP contribution in [0.25, 0.3) is 0 Å². The SMILES string of the molecule is C=C1C(=CC=C2CCC[C@@]3(C)C2CC[C@@H]3[C@@](C)(CC=CC(O)(C(F)(F)F)C(F)(F)F)CCCC(C)(C)O)CC(O)C[C@@H]1O. The normalized spacial score (nSPS) is 32.9. The third kappa shape index (κ3) is 7.79. The van der Waals surface area contributed by atoms with E-state index in [1.807, 2.05) is 19.1 Å². The van der Waals surface area contributed by atoms with Crippen LogP contribution in [0, 0.1) is 22.7 Å². The van der Waals surface area contributed by atoms with E-state index in [4.69, 9.17) is 0 Å². The molecule has 0 spiro atoms. The zero-order chi connectivity index (χ0) is 32.6. The Hall–Kier alpha value is -1.62. The zero-order valence-electron chi connectivity index (χ0n) is 25.7. The van der Waals surface area contributed by atoms with E-state index < -0.39 is 41.2 Å². The average molecular weight is 623 g/mol. The maximum Gasteiger partial charge on any atom is 0.429 e. The van der Waals surface area contributed by atoms with Gasteiger partial charge in [0.05, 0.1) is 17.8 Å². The first kappa shape index (κ1) is 35.9. The van der Waals surface area contributed by atoms with E-state index in [-0.39, 0.29) is 36.2 Å². The Morgan fingerprint density at radius 1 is 0.953 bits per heavy atom. The minimum absolute atomic E-state index is 0.0223. The molecule has 0 radical (unpaired) electrons. The summed E-state index contributed by atoms with van der Waals surface area (Å²) in [5.41, 5.74) is -4.25. The molecule has 3 rings (SSSR count). The number of rotatable bonds is 9. The molecule has 0 bridgehead atoms. The minimum Gasteiger partial charge on any atom is -0.393 e. The highest BCUT2D eigenvalue weighted by Crippen LogP contribution is 2.64. The molecule has 6 atom stereocenters. The number of allylic oxidation sites excluding steroid dienone is 4. The second-order valence-electron chi connectivity index (χ2n) is 14.3. The van der Waals surface area contributed by atoms with Crippen LogP contribution in [0.3, 0.4) is 0 Å². The number of aliphatic hydroxyl groups excluding tert-OH is 2. The summed E-state index contributed by atoms with van der Waals surface area (Å²) in [6.45, 7) is 11.4. The van der Waals surface area contributed by atoms with Crippen molar-refractivity contribution in [3.8, 4) is 0 Å². The lowest BCUT2D eigenvalue weighted by molar-refractivity contribution is -0.347. The van der Waals surface area contributed by atoms with E-state index in [2.05, 4.69) is 13.5 Å². The second kappa shape index (κ2) is 12.6. The Balaban J connectivity index is 1.93. The van der Waals surface area contributed by atoms with E-state index in [0.717, 1.165) is 43.8 Å². The lowest BCUT2D eigenvalue weighted by atomic mass is 9.55. The van der Waals surface area contributed by atoms with Crippen molar-refractivity contribution in [3.63, 3.8) is 0 Å². The van der Waals surface area contributed by atoms with E-state index in [1.54, 1.807) is 13.8 Å². The monoisotopic (exact) mass is 622 g/mol. The van der Waals surface area contributed by atoms with Gasteiger partial charge in [-0.3, -0.25) is 0 Å². The van der Waals surface area contributed by atoms with Crippen LogP contribution >= 0.6 is 0 Å². The van der Waals surface area contributed by atoms with E-state index in [1.165, 1.54) is 5.57 Å². The van der Waals surface area contributed by atoms with E-state index in [9.17, 15) is 46.8 Å². The molecule has 10 heteroatoms. The molecule has 0 aromatic heterocycles. The van der Waals surface area contributed by atoms with Gasteiger partial charge in [0.1, 0.15) is 0 Å². The van der Waals surface area contributed by atoms with Gasteiger partial charge >= 0.3 is 12.4 Å². The van der Waals surface area contributed by atoms with Gasteiger partial charge < -0.3 is 20.4 Å². The van der Waals surface area contributed by atoms with Crippen LogP contribution in [0.2, 0.25) is 0 Å². The molecule has 3 saturated carbocycles. The maximum atomic E-state index is 13.4. The molecule has 0 saturated heterocycles. The Morgan fingerprint density at radius 2 is 1.58 bits per heavy atom. The summed E-state index contributed by atoms with van der Waals surface area (Å²) in [7, 11) is 0. The van der Waals surface area contributed by atoms with Crippen molar-refractivity contribution in [2.75, 3.05) is 0 Å². The fraction of sp³-hybridized carbons (Fsp3) is 0.758. The van der Waals surface area contributed by atoms with Crippen molar-refractivity contribution >= 4 is 0 Å². The van der Waals surface area contributed by atoms with Gasteiger partial charge in [-0.15, -0.1) is 0 Å². The van der Waals surface area contributed by atoms with Gasteiger partial charge in [-0.1, -0.05) is 50.6 Å². The molecule has 3 aliphatic rings. The summed E-state index contributed by atoms with van der Waals surface area (Å²) < 4.78 is 80.2. The molecule has 2 unspecified atom stereocenters. The summed E-state index contributed by atoms with van der Waals surface area (Å²) in [6, 6.07) is 0. The van der Waals surface area contributed by atoms with Crippen LogP contribution < -0.4 is 0 Å². The molecule has 0 aromatic carbocycles. The summed E-state index contributed by atoms with van der Waals surface area (Å²) in [5, 5.41) is 40.3. The molecule has 3 aliphatic carbocycles. The van der Waals surface area contributed by atoms with Crippen LogP contribution in [0.5, 0.6) is 0 Å². The molecule has 0 heterocycles. The Labute approximate surface area is 251 Å². The van der Waals surface area contributed by atoms with Crippen LogP contribution in [0.15, 0.2) is 47.6 Å². The molecular formula is C33H48F6O4. The Bertz CT molecular complexity index is 1080. The quantitative estimate of drug-likeness (QED) is 0.156. The van der Waals surface area contributed by atoms with E-state index >= 15 is 0 Å². The maximum absolute atomic E-state index is 13.4. The van der Waals surface area contributed by atoms with Gasteiger partial charge in [-0.2, -0.15) is 26.3 Å². The van der Waals surface area contributed by atoms with Crippen LogP contribution in [-0.4, -0.2) is 56.2 Å². The van der Waals surface area contributed by atoms with Crippen molar-refractivity contribution in [3.05, 3.63) is 47.6 Å². The van der Waals surface area contributed by atoms with Crippen molar-refractivity contribution in [2.24, 2.45) is 22.7 Å². The molecule has 43 heavy (non-hydrogen) atoms. The van der Waals surface area contributed by atoms with Gasteiger partial charge in [-0.05, 0) is 112 Å². The number of hydrogen-bond donors (Lipinski definition) is 4. The molecule has 0 amide bonds. The van der Waals surface area contributed by atoms with Crippen molar-refractivity contribution in [1.29, 1.82) is 0 Å². The first-order valence-corrected chi connectivity index (χ1v) is 15.2. The van der Waals surface area contributed by atoms with E-state index in [0.29, 0.717) is 31.3 Å². The molecule has 4 nitrogen and oxygen atoms in total. The number of fused-ring (bicyclic) bond motifs is 1. The molecule has 246 valence electrons. The fourth-order valence-corrected chi connectivity index (χ4v) is 8.04. The van der Waals surface area contributed by atoms with Gasteiger partial charge in [-0.25, -0.2) is 0 Å². The summed E-state index contributed by atoms with van der Waals surface area (Å²) in [6.07, 6.45) is -2.44. The molecule has 0 aliphatic heterocycles. The highest BCUT2D eigenvalue weighted by Gasteiger charge is 2.69. The van der Waals surface area contributed by atoms with Crippen molar-refractivity contribution in [1.82, 2.24) is 0 Å². The summed E-state index contributed by atoms with van der Waals surface area (Å²) >= 11 is 0. The largest absolute Gasteiger partial charge is 0.429 e. The van der Waals surface area contributed by atoms with Crippen molar-refractivity contribution in [2.45, 2.75) is 134 Å². The third-order valence-corrected chi connectivity index (χ3v) is 10.4. The standard InChI is InChI=1S/C33H48F6O4/c1-21-23(19-24(40)20-26(21)41)11-10-22-9-6-17-30(5)25(22)12-13-27(30)29(4,15-7-14-28(2,3)42)16-8-18-31(43,32(34,35)36)33(37,38)39/h8,10-11,18,24-27,40-43H,1,6-7,9,12-17,19-20H2,2-5H3/t24?,25?,26-,27+,29+,30-/m0/s1. The summed E-state index contributed by atoms with van der Waals surface area (Å²) in [4.78, 5) is 0. The fourth-order valence-electron chi connectivity index (χ4n) is 8.04. The van der Waals surface area contributed by atoms with Crippen LogP contribution in [0.1, 0.15) is 98.3 Å². The average Bonchev–Trinajstić information content (AvgIpc) is 3.21. The van der Waals surface area contributed by atoms with Gasteiger partial charge in [0.15, 0.2) is 0 Å². The third-order valence-electron chi connectivity index (χ3n) is 10.4. The lowest BCUT2D eigenvalue weighted by Crippen LogP contribution is -2.55. The molecule has 0 aromatic rings. The molecule has 3 fully saturated rings. The zero-order valence-corrected chi connectivity index (χ0v) is 25.7. The number of hydrogen-bond acceptors (Lipinski definition) is 4. The second-order valence-corrected chi connectivity index (χ2v) is 14.3. The highest BCUT2D eigenvalue weighted by atomic mass is 19.4. The number of halogens is 6.